The lowest BCUT2D eigenvalue weighted by atomic mass is 10.1. The van der Waals surface area contributed by atoms with E-state index in [2.05, 4.69) is 52.9 Å². The summed E-state index contributed by atoms with van der Waals surface area (Å²) in [5, 5.41) is 7.89. The largest absolute Gasteiger partial charge is 0.357 e. The van der Waals surface area contributed by atoms with Gasteiger partial charge in [-0.05, 0) is 19.8 Å². The molecule has 22 heavy (non-hydrogen) atoms. The summed E-state index contributed by atoms with van der Waals surface area (Å²) < 4.78 is 5.13. The number of hydrogen-bond donors (Lipinski definition) is 1. The van der Waals surface area contributed by atoms with Crippen LogP contribution in [0, 0.1) is 12.8 Å². The fourth-order valence-corrected chi connectivity index (χ4v) is 3.69. The van der Waals surface area contributed by atoms with Crippen molar-refractivity contribution in [3.63, 3.8) is 0 Å². The first-order chi connectivity index (χ1) is 10.6. The van der Waals surface area contributed by atoms with Crippen LogP contribution in [0.15, 0.2) is 9.52 Å². The Hall–Kier alpha value is -1.24. The van der Waals surface area contributed by atoms with E-state index in [1.54, 1.807) is 0 Å². The fraction of sp³-hybridized carbons (Fsp3) is 0.800. The van der Waals surface area contributed by atoms with E-state index in [9.17, 15) is 0 Å². The van der Waals surface area contributed by atoms with E-state index in [0.29, 0.717) is 35.8 Å². The van der Waals surface area contributed by atoms with Gasteiger partial charge in [0.2, 0.25) is 5.89 Å². The maximum absolute atomic E-state index is 5.13. The molecular weight excluding hydrogens is 298 g/mol. The van der Waals surface area contributed by atoms with E-state index in [0.717, 1.165) is 31.3 Å². The van der Waals surface area contributed by atoms with Crippen LogP contribution >= 0.6 is 11.8 Å². The summed E-state index contributed by atoms with van der Waals surface area (Å²) in [5.74, 6) is 4.20. The molecule has 0 aromatic carbocycles. The number of nitrogens with zero attached hydrogens (tertiary/aromatic N) is 4. The van der Waals surface area contributed by atoms with Gasteiger partial charge in [-0.25, -0.2) is 0 Å². The van der Waals surface area contributed by atoms with Crippen LogP contribution in [-0.2, 0) is 6.42 Å². The van der Waals surface area contributed by atoms with Gasteiger partial charge in [0.25, 0.3) is 0 Å². The Kier molecular flexibility index (Phi) is 6.54. The molecule has 1 fully saturated rings. The van der Waals surface area contributed by atoms with Crippen molar-refractivity contribution in [2.24, 2.45) is 10.9 Å². The molecule has 2 heterocycles. The molecule has 1 unspecified atom stereocenters. The van der Waals surface area contributed by atoms with Crippen LogP contribution in [0.3, 0.4) is 0 Å². The zero-order valence-electron chi connectivity index (χ0n) is 14.0. The van der Waals surface area contributed by atoms with Gasteiger partial charge in [-0.3, -0.25) is 4.99 Å². The summed E-state index contributed by atoms with van der Waals surface area (Å²) in [6.07, 6.45) is 0.686. The zero-order chi connectivity index (χ0) is 15.9. The highest BCUT2D eigenvalue weighted by Gasteiger charge is 2.24. The van der Waals surface area contributed by atoms with Gasteiger partial charge in [0.05, 0.1) is 6.54 Å². The average molecular weight is 325 g/mol. The Balaban J connectivity index is 1.94. The maximum atomic E-state index is 5.13. The smallest absolute Gasteiger partial charge is 0.228 e. The van der Waals surface area contributed by atoms with E-state index in [-0.39, 0.29) is 0 Å². The van der Waals surface area contributed by atoms with Crippen molar-refractivity contribution < 1.29 is 4.52 Å². The van der Waals surface area contributed by atoms with E-state index in [4.69, 9.17) is 9.52 Å². The summed E-state index contributed by atoms with van der Waals surface area (Å²) in [6.45, 7) is 12.2. The van der Waals surface area contributed by atoms with Crippen molar-refractivity contribution in [3.8, 4) is 0 Å². The lowest BCUT2D eigenvalue weighted by Gasteiger charge is -2.36. The number of thioether (sulfide) groups is 1. The van der Waals surface area contributed by atoms with Crippen molar-refractivity contribution in [2.75, 3.05) is 31.9 Å². The molecule has 0 radical (unpaired) electrons. The second-order valence-corrected chi connectivity index (χ2v) is 7.17. The first-order valence-corrected chi connectivity index (χ1v) is 9.09. The SMILES string of the molecule is CCNC(=NCCc1nc(C)no1)N1CCSC(C(C)C)C1. The zero-order valence-corrected chi connectivity index (χ0v) is 14.8. The number of hydrogen-bond acceptors (Lipinski definition) is 5. The number of aromatic nitrogens is 2. The summed E-state index contributed by atoms with van der Waals surface area (Å²) in [4.78, 5) is 11.3. The van der Waals surface area contributed by atoms with Gasteiger partial charge in [0, 0.05) is 37.1 Å². The first kappa shape index (κ1) is 17.1. The molecule has 0 bridgehead atoms. The van der Waals surface area contributed by atoms with Crippen LogP contribution in [-0.4, -0.2) is 58.2 Å². The molecule has 1 aromatic heterocycles. The molecule has 1 aliphatic heterocycles. The standard InChI is InChI=1S/C15H27N5OS/c1-5-16-15(17-7-6-14-18-12(4)19-21-14)20-8-9-22-13(10-20)11(2)3/h11,13H,5-10H2,1-4H3,(H,16,17). The third-order valence-corrected chi connectivity index (χ3v) is 5.17. The average Bonchev–Trinajstić information content (AvgIpc) is 2.92. The second kappa shape index (κ2) is 8.41. The van der Waals surface area contributed by atoms with Gasteiger partial charge in [0.15, 0.2) is 11.8 Å². The highest BCUT2D eigenvalue weighted by Crippen LogP contribution is 2.24. The third kappa shape index (κ3) is 4.90. The number of aryl methyl sites for hydroxylation is 1. The monoisotopic (exact) mass is 325 g/mol. The number of guanidine groups is 1. The van der Waals surface area contributed by atoms with Gasteiger partial charge in [-0.15, -0.1) is 0 Å². The molecule has 2 rings (SSSR count). The van der Waals surface area contributed by atoms with Crippen LogP contribution in [0.1, 0.15) is 32.5 Å². The Morgan fingerprint density at radius 3 is 3.00 bits per heavy atom. The van der Waals surface area contributed by atoms with Crippen molar-refractivity contribution in [1.82, 2.24) is 20.4 Å². The Bertz CT molecular complexity index is 488. The van der Waals surface area contributed by atoms with Gasteiger partial charge in [-0.2, -0.15) is 16.7 Å². The molecule has 1 saturated heterocycles. The van der Waals surface area contributed by atoms with Gasteiger partial charge >= 0.3 is 0 Å². The van der Waals surface area contributed by atoms with Gasteiger partial charge in [0.1, 0.15) is 0 Å². The van der Waals surface area contributed by atoms with Gasteiger partial charge in [-0.1, -0.05) is 19.0 Å². The molecule has 0 spiro atoms. The molecule has 7 heteroatoms. The van der Waals surface area contributed by atoms with E-state index in [1.165, 1.54) is 0 Å². The summed E-state index contributed by atoms with van der Waals surface area (Å²) in [6, 6.07) is 0. The number of nitrogens with one attached hydrogen (secondary N) is 1. The molecule has 124 valence electrons. The van der Waals surface area contributed by atoms with Crippen molar-refractivity contribution in [2.45, 2.75) is 39.4 Å². The molecule has 0 amide bonds. The highest BCUT2D eigenvalue weighted by atomic mass is 32.2. The predicted octanol–water partition coefficient (Wildman–Crippen LogP) is 1.96. The van der Waals surface area contributed by atoms with E-state index in [1.807, 2.05) is 6.92 Å². The topological polar surface area (TPSA) is 66.5 Å². The van der Waals surface area contributed by atoms with Crippen molar-refractivity contribution >= 4 is 17.7 Å². The lowest BCUT2D eigenvalue weighted by Crippen LogP contribution is -2.49. The summed E-state index contributed by atoms with van der Waals surface area (Å²) in [5.41, 5.74) is 0. The predicted molar refractivity (Wildman–Crippen MR) is 91.4 cm³/mol. The molecule has 0 saturated carbocycles. The fourth-order valence-electron chi connectivity index (χ4n) is 2.40. The minimum Gasteiger partial charge on any atom is -0.357 e. The van der Waals surface area contributed by atoms with E-state index < -0.39 is 0 Å². The Morgan fingerprint density at radius 1 is 1.55 bits per heavy atom. The minimum absolute atomic E-state index is 0.659. The molecule has 6 nitrogen and oxygen atoms in total. The molecule has 0 aliphatic carbocycles. The van der Waals surface area contributed by atoms with Crippen molar-refractivity contribution in [3.05, 3.63) is 11.7 Å². The quantitative estimate of drug-likeness (QED) is 0.659. The summed E-state index contributed by atoms with van der Waals surface area (Å²) >= 11 is 2.08. The first-order valence-electron chi connectivity index (χ1n) is 8.04. The van der Waals surface area contributed by atoms with Crippen LogP contribution in [0.5, 0.6) is 0 Å². The lowest BCUT2D eigenvalue weighted by molar-refractivity contribution is 0.372. The third-order valence-electron chi connectivity index (χ3n) is 3.63. The number of aliphatic imine (C=N–C) groups is 1. The number of rotatable bonds is 5. The Labute approximate surface area is 137 Å². The molecule has 1 atom stereocenters. The van der Waals surface area contributed by atoms with Crippen molar-refractivity contribution in [1.29, 1.82) is 0 Å². The van der Waals surface area contributed by atoms with Gasteiger partial charge < -0.3 is 14.7 Å². The Morgan fingerprint density at radius 2 is 2.36 bits per heavy atom. The molecule has 1 aliphatic rings. The molecule has 1 aromatic rings. The van der Waals surface area contributed by atoms with Crippen LogP contribution in [0.4, 0.5) is 0 Å². The van der Waals surface area contributed by atoms with E-state index >= 15 is 0 Å². The molecule has 1 N–H and O–H groups in total. The van der Waals surface area contributed by atoms with Crippen LogP contribution < -0.4 is 5.32 Å². The molecular formula is C15H27N5OS. The minimum atomic E-state index is 0.659. The highest BCUT2D eigenvalue weighted by molar-refractivity contribution is 8.00. The normalized spacial score (nSPS) is 19.8. The summed E-state index contributed by atoms with van der Waals surface area (Å²) in [7, 11) is 0. The van der Waals surface area contributed by atoms with Crippen LogP contribution in [0.2, 0.25) is 0 Å². The maximum Gasteiger partial charge on any atom is 0.228 e. The van der Waals surface area contributed by atoms with Crippen LogP contribution in [0.25, 0.3) is 0 Å². The second-order valence-electron chi connectivity index (χ2n) is 5.82.